The van der Waals surface area contributed by atoms with Crippen LogP contribution >= 0.6 is 11.6 Å². The number of anilines is 1. The number of ether oxygens (including phenoxy) is 1. The van der Waals surface area contributed by atoms with Crippen molar-refractivity contribution in [2.45, 2.75) is 0 Å². The van der Waals surface area contributed by atoms with Crippen LogP contribution in [-0.4, -0.2) is 23.4 Å². The molecule has 1 N–H and O–H groups in total. The van der Waals surface area contributed by atoms with E-state index in [0.29, 0.717) is 0 Å². The molecule has 0 unspecified atom stereocenters. The summed E-state index contributed by atoms with van der Waals surface area (Å²) in [5.41, 5.74) is 0.159. The van der Waals surface area contributed by atoms with Crippen LogP contribution in [0.5, 0.6) is 0 Å². The summed E-state index contributed by atoms with van der Waals surface area (Å²) in [5, 5.41) is 13.0. The molecule has 0 atom stereocenters. The summed E-state index contributed by atoms with van der Waals surface area (Å²) >= 11 is 5.82. The fraction of sp³-hybridized carbons (Fsp3) is 0.0769. The third-order valence-corrected chi connectivity index (χ3v) is 2.84. The van der Waals surface area contributed by atoms with E-state index in [0.717, 1.165) is 6.07 Å². The van der Waals surface area contributed by atoms with E-state index >= 15 is 0 Å². The number of esters is 1. The minimum atomic E-state index is -0.710. The topological polar surface area (TPSA) is 112 Å². The van der Waals surface area contributed by atoms with Crippen molar-refractivity contribution in [3.8, 4) is 0 Å². The number of nitrogens with one attached hydrogen (secondary N) is 1. The Kier molecular flexibility index (Phi) is 4.74. The maximum atomic E-state index is 11.7. The first kappa shape index (κ1) is 15.5. The van der Waals surface area contributed by atoms with Crippen molar-refractivity contribution in [2.24, 2.45) is 0 Å². The molecule has 22 heavy (non-hydrogen) atoms. The quantitative estimate of drug-likeness (QED) is 0.514. The Morgan fingerprint density at radius 2 is 2.14 bits per heavy atom. The van der Waals surface area contributed by atoms with Gasteiger partial charge in [-0.05, 0) is 12.1 Å². The van der Waals surface area contributed by atoms with Crippen LogP contribution in [0.1, 0.15) is 10.4 Å². The maximum Gasteiger partial charge on any atom is 0.341 e. The third-order valence-electron chi connectivity index (χ3n) is 2.53. The molecule has 1 amide bonds. The van der Waals surface area contributed by atoms with Gasteiger partial charge in [-0.2, -0.15) is 0 Å². The molecular formula is C13H9ClN2O6. The lowest BCUT2D eigenvalue weighted by molar-refractivity contribution is -0.384. The molecule has 0 fully saturated rings. The highest BCUT2D eigenvalue weighted by Gasteiger charge is 2.14. The summed E-state index contributed by atoms with van der Waals surface area (Å²) in [6.07, 6.45) is 2.49. The number of hydrogen-bond donors (Lipinski definition) is 1. The predicted octanol–water partition coefficient (Wildman–Crippen LogP) is 2.64. The van der Waals surface area contributed by atoms with Crippen LogP contribution in [0, 0.1) is 10.1 Å². The number of nitro groups is 1. The molecule has 0 saturated heterocycles. The summed E-state index contributed by atoms with van der Waals surface area (Å²) in [7, 11) is 0. The van der Waals surface area contributed by atoms with Crippen molar-refractivity contribution >= 4 is 34.9 Å². The number of rotatable bonds is 5. The van der Waals surface area contributed by atoms with Gasteiger partial charge in [0.15, 0.2) is 6.61 Å². The molecule has 0 aliphatic carbocycles. The molecule has 1 heterocycles. The molecule has 0 saturated carbocycles. The maximum absolute atomic E-state index is 11.7. The Morgan fingerprint density at radius 3 is 2.73 bits per heavy atom. The first-order valence-electron chi connectivity index (χ1n) is 5.90. The van der Waals surface area contributed by atoms with Crippen LogP contribution in [0.2, 0.25) is 5.02 Å². The Hall–Kier alpha value is -2.87. The molecule has 8 nitrogen and oxygen atoms in total. The van der Waals surface area contributed by atoms with Gasteiger partial charge in [0.1, 0.15) is 6.26 Å². The number of benzene rings is 1. The van der Waals surface area contributed by atoms with Crippen molar-refractivity contribution in [3.63, 3.8) is 0 Å². The van der Waals surface area contributed by atoms with Crippen LogP contribution < -0.4 is 5.32 Å². The average Bonchev–Trinajstić information content (AvgIpc) is 3.01. The Morgan fingerprint density at radius 1 is 1.36 bits per heavy atom. The van der Waals surface area contributed by atoms with Gasteiger partial charge in [-0.3, -0.25) is 14.9 Å². The number of hydrogen-bond acceptors (Lipinski definition) is 6. The fourth-order valence-corrected chi connectivity index (χ4v) is 1.72. The summed E-state index contributed by atoms with van der Waals surface area (Å²) in [6, 6.07) is 4.98. The molecule has 2 aromatic rings. The zero-order valence-corrected chi connectivity index (χ0v) is 11.7. The molecular weight excluding hydrogens is 316 g/mol. The first-order chi connectivity index (χ1) is 10.5. The normalized spacial score (nSPS) is 10.0. The standard InChI is InChI=1S/C13H9ClN2O6/c14-10-5-9(16(19)20)1-2-11(10)15-12(17)7-22-13(18)8-3-4-21-6-8/h1-6H,7H2,(H,15,17). The SMILES string of the molecule is O=C(COC(=O)c1ccoc1)Nc1ccc([N+](=O)[O-])cc1Cl. The van der Waals surface area contributed by atoms with E-state index in [1.807, 2.05) is 0 Å². The highest BCUT2D eigenvalue weighted by Crippen LogP contribution is 2.26. The lowest BCUT2D eigenvalue weighted by atomic mass is 10.3. The van der Waals surface area contributed by atoms with Crippen molar-refractivity contribution < 1.29 is 23.7 Å². The van der Waals surface area contributed by atoms with E-state index in [1.165, 1.54) is 30.7 Å². The number of carbonyl (C=O) groups excluding carboxylic acids is 2. The Bertz CT molecular complexity index is 713. The van der Waals surface area contributed by atoms with E-state index in [9.17, 15) is 19.7 Å². The van der Waals surface area contributed by atoms with E-state index in [-0.39, 0.29) is 22.0 Å². The van der Waals surface area contributed by atoms with Crippen LogP contribution in [0.15, 0.2) is 41.2 Å². The smallest absolute Gasteiger partial charge is 0.341 e. The van der Waals surface area contributed by atoms with Gasteiger partial charge >= 0.3 is 5.97 Å². The molecule has 0 spiro atoms. The molecule has 0 aliphatic heterocycles. The zero-order valence-electron chi connectivity index (χ0n) is 10.9. The summed E-state index contributed by atoms with van der Waals surface area (Å²) in [4.78, 5) is 33.1. The second-order valence-electron chi connectivity index (χ2n) is 4.06. The van der Waals surface area contributed by atoms with Gasteiger partial charge in [0.05, 0.1) is 27.5 Å². The van der Waals surface area contributed by atoms with Crippen LogP contribution in [-0.2, 0) is 9.53 Å². The zero-order chi connectivity index (χ0) is 16.1. The summed E-state index contributed by atoms with van der Waals surface area (Å²) in [5.74, 6) is -1.34. The van der Waals surface area contributed by atoms with Gasteiger partial charge in [0, 0.05) is 12.1 Å². The lowest BCUT2D eigenvalue weighted by Crippen LogP contribution is -2.20. The van der Waals surface area contributed by atoms with Gasteiger partial charge in [0.2, 0.25) is 0 Å². The van der Waals surface area contributed by atoms with Gasteiger partial charge in [-0.25, -0.2) is 4.79 Å². The molecule has 9 heteroatoms. The summed E-state index contributed by atoms with van der Waals surface area (Å²) in [6.45, 7) is -0.530. The minimum Gasteiger partial charge on any atom is -0.472 e. The van der Waals surface area contributed by atoms with E-state index in [1.54, 1.807) is 0 Å². The molecule has 0 radical (unpaired) electrons. The molecule has 114 valence electrons. The van der Waals surface area contributed by atoms with E-state index < -0.39 is 23.4 Å². The highest BCUT2D eigenvalue weighted by molar-refractivity contribution is 6.34. The molecule has 0 aliphatic rings. The predicted molar refractivity (Wildman–Crippen MR) is 75.7 cm³/mol. The van der Waals surface area contributed by atoms with Crippen molar-refractivity contribution in [2.75, 3.05) is 11.9 Å². The van der Waals surface area contributed by atoms with Crippen molar-refractivity contribution in [1.82, 2.24) is 0 Å². The number of amides is 1. The largest absolute Gasteiger partial charge is 0.472 e. The van der Waals surface area contributed by atoms with Gasteiger partial charge < -0.3 is 14.5 Å². The Balaban J connectivity index is 1.92. The molecule has 1 aromatic carbocycles. The second-order valence-corrected chi connectivity index (χ2v) is 4.46. The monoisotopic (exact) mass is 324 g/mol. The number of halogens is 1. The second kappa shape index (κ2) is 6.72. The molecule has 0 bridgehead atoms. The average molecular weight is 325 g/mol. The van der Waals surface area contributed by atoms with Crippen LogP contribution in [0.4, 0.5) is 11.4 Å². The van der Waals surface area contributed by atoms with E-state index in [4.69, 9.17) is 20.8 Å². The van der Waals surface area contributed by atoms with Gasteiger partial charge in [0.25, 0.3) is 11.6 Å². The number of carbonyl (C=O) groups is 2. The van der Waals surface area contributed by atoms with Crippen molar-refractivity contribution in [1.29, 1.82) is 0 Å². The van der Waals surface area contributed by atoms with Crippen molar-refractivity contribution in [3.05, 3.63) is 57.5 Å². The molecule has 1 aromatic heterocycles. The number of nitro benzene ring substituents is 1. The fourth-order valence-electron chi connectivity index (χ4n) is 1.50. The van der Waals surface area contributed by atoms with Crippen LogP contribution in [0.3, 0.4) is 0 Å². The van der Waals surface area contributed by atoms with Crippen LogP contribution in [0.25, 0.3) is 0 Å². The molecule has 2 rings (SSSR count). The van der Waals surface area contributed by atoms with Gasteiger partial charge in [-0.15, -0.1) is 0 Å². The first-order valence-corrected chi connectivity index (χ1v) is 6.28. The number of nitrogens with zero attached hydrogens (tertiary/aromatic N) is 1. The minimum absolute atomic E-state index is 0.00344. The lowest BCUT2D eigenvalue weighted by Gasteiger charge is -2.07. The number of non-ortho nitro benzene ring substituents is 1. The Labute approximate surface area is 128 Å². The summed E-state index contributed by atoms with van der Waals surface area (Å²) < 4.78 is 9.47. The number of furan rings is 1. The highest BCUT2D eigenvalue weighted by atomic mass is 35.5. The van der Waals surface area contributed by atoms with Gasteiger partial charge in [-0.1, -0.05) is 11.6 Å². The van der Waals surface area contributed by atoms with E-state index in [2.05, 4.69) is 5.32 Å². The third kappa shape index (κ3) is 3.83.